The third-order valence-electron chi connectivity index (χ3n) is 2.76. The molecule has 2 aromatic rings. The number of phenols is 1. The average molecular weight is 215 g/mol. The number of aromatic amines is 1. The number of phenolic OH excluding ortho intramolecular Hbond substituents is 1. The molecule has 1 aromatic heterocycles. The van der Waals surface area contributed by atoms with E-state index >= 15 is 0 Å². The van der Waals surface area contributed by atoms with E-state index in [2.05, 4.69) is 9.97 Å². The second-order valence-electron chi connectivity index (χ2n) is 3.99. The molecule has 0 amide bonds. The zero-order valence-electron chi connectivity index (χ0n) is 9.70. The summed E-state index contributed by atoms with van der Waals surface area (Å²) >= 11 is 0. The molecule has 3 nitrogen and oxygen atoms in total. The van der Waals surface area contributed by atoms with Gasteiger partial charge in [0.05, 0.1) is 5.56 Å². The molecule has 0 saturated carbocycles. The standard InChI is InChI=1S/C13H14N2O/c1-8-6-11(16)4-5-12(8)13-9(2)14-7-15-10(13)3/h4-7,16H,1-3H3/p+1. The molecule has 0 radical (unpaired) electrons. The van der Waals surface area contributed by atoms with Crippen molar-refractivity contribution in [2.75, 3.05) is 0 Å². The summed E-state index contributed by atoms with van der Waals surface area (Å²) in [6.45, 7) is 6.00. The number of nitrogens with zero attached hydrogens (tertiary/aromatic N) is 1. The van der Waals surface area contributed by atoms with Crippen LogP contribution in [0.1, 0.15) is 17.0 Å². The first-order chi connectivity index (χ1) is 7.59. The number of aromatic nitrogens is 2. The Hall–Kier alpha value is -1.90. The molecule has 0 fully saturated rings. The van der Waals surface area contributed by atoms with Gasteiger partial charge in [-0.25, -0.2) is 4.98 Å². The van der Waals surface area contributed by atoms with Crippen LogP contribution in [-0.2, 0) is 0 Å². The number of aromatic hydroxyl groups is 1. The third kappa shape index (κ3) is 1.76. The van der Waals surface area contributed by atoms with Crippen LogP contribution in [0.25, 0.3) is 11.1 Å². The van der Waals surface area contributed by atoms with Crippen LogP contribution in [0.3, 0.4) is 0 Å². The van der Waals surface area contributed by atoms with Crippen LogP contribution in [0.2, 0.25) is 0 Å². The summed E-state index contributed by atoms with van der Waals surface area (Å²) in [7, 11) is 0. The maximum Gasteiger partial charge on any atom is 0.284 e. The van der Waals surface area contributed by atoms with Gasteiger partial charge in [-0.3, -0.25) is 0 Å². The van der Waals surface area contributed by atoms with Gasteiger partial charge in [-0.15, -0.1) is 0 Å². The van der Waals surface area contributed by atoms with Gasteiger partial charge in [-0.1, -0.05) is 11.1 Å². The molecule has 0 bridgehead atoms. The van der Waals surface area contributed by atoms with Crippen molar-refractivity contribution in [3.05, 3.63) is 41.5 Å². The highest BCUT2D eigenvalue weighted by Gasteiger charge is 2.14. The Morgan fingerprint density at radius 3 is 2.56 bits per heavy atom. The molecule has 1 aromatic carbocycles. The quantitative estimate of drug-likeness (QED) is 0.792. The minimum absolute atomic E-state index is 0.296. The highest BCUT2D eigenvalue weighted by Crippen LogP contribution is 2.28. The van der Waals surface area contributed by atoms with Crippen molar-refractivity contribution in [1.29, 1.82) is 0 Å². The van der Waals surface area contributed by atoms with Gasteiger partial charge in [0.1, 0.15) is 11.4 Å². The molecule has 0 spiro atoms. The van der Waals surface area contributed by atoms with E-state index in [1.807, 2.05) is 26.8 Å². The number of rotatable bonds is 1. The predicted molar refractivity (Wildman–Crippen MR) is 62.1 cm³/mol. The molecule has 0 unspecified atom stereocenters. The summed E-state index contributed by atoms with van der Waals surface area (Å²) in [5.74, 6) is 0.296. The maximum atomic E-state index is 9.40. The van der Waals surface area contributed by atoms with Gasteiger partial charge in [0, 0.05) is 6.92 Å². The van der Waals surface area contributed by atoms with Gasteiger partial charge in [0.25, 0.3) is 6.33 Å². The van der Waals surface area contributed by atoms with Crippen molar-refractivity contribution in [1.82, 2.24) is 4.98 Å². The number of H-pyrrole nitrogens is 1. The molecule has 16 heavy (non-hydrogen) atoms. The SMILES string of the molecule is Cc1cc(O)ccc1-c1c(C)nc[nH+]c1C. The number of hydrogen-bond acceptors (Lipinski definition) is 2. The minimum Gasteiger partial charge on any atom is -0.508 e. The van der Waals surface area contributed by atoms with Crippen LogP contribution in [0.4, 0.5) is 0 Å². The van der Waals surface area contributed by atoms with Crippen LogP contribution in [-0.4, -0.2) is 10.1 Å². The Labute approximate surface area is 94.8 Å². The summed E-state index contributed by atoms with van der Waals surface area (Å²) in [6.07, 6.45) is 1.70. The Morgan fingerprint density at radius 2 is 1.94 bits per heavy atom. The van der Waals surface area contributed by atoms with Gasteiger partial charge in [-0.2, -0.15) is 0 Å². The molecule has 0 atom stereocenters. The van der Waals surface area contributed by atoms with Gasteiger partial charge in [0.2, 0.25) is 0 Å². The van der Waals surface area contributed by atoms with Crippen LogP contribution in [0, 0.1) is 20.8 Å². The van der Waals surface area contributed by atoms with E-state index in [1.54, 1.807) is 18.5 Å². The van der Waals surface area contributed by atoms with Gasteiger partial charge >= 0.3 is 0 Å². The molecule has 0 aliphatic carbocycles. The lowest BCUT2D eigenvalue weighted by molar-refractivity contribution is -0.391. The van der Waals surface area contributed by atoms with E-state index in [4.69, 9.17) is 0 Å². The summed E-state index contributed by atoms with van der Waals surface area (Å²) in [5, 5.41) is 9.40. The van der Waals surface area contributed by atoms with Gasteiger partial charge < -0.3 is 5.11 Å². The van der Waals surface area contributed by atoms with Crippen molar-refractivity contribution in [3.8, 4) is 16.9 Å². The van der Waals surface area contributed by atoms with Crippen molar-refractivity contribution in [3.63, 3.8) is 0 Å². The van der Waals surface area contributed by atoms with E-state index in [-0.39, 0.29) is 0 Å². The summed E-state index contributed by atoms with van der Waals surface area (Å²) in [4.78, 5) is 7.37. The molecular formula is C13H15N2O+. The number of aryl methyl sites for hydroxylation is 3. The highest BCUT2D eigenvalue weighted by atomic mass is 16.3. The first-order valence-corrected chi connectivity index (χ1v) is 5.23. The van der Waals surface area contributed by atoms with Crippen LogP contribution in [0.5, 0.6) is 5.75 Å². The molecular weight excluding hydrogens is 200 g/mol. The number of hydrogen-bond donors (Lipinski definition) is 1. The second kappa shape index (κ2) is 3.93. The van der Waals surface area contributed by atoms with Gasteiger partial charge in [-0.05, 0) is 37.1 Å². The number of benzene rings is 1. The van der Waals surface area contributed by atoms with Crippen molar-refractivity contribution >= 4 is 0 Å². The molecule has 0 aliphatic heterocycles. The third-order valence-corrected chi connectivity index (χ3v) is 2.76. The van der Waals surface area contributed by atoms with Crippen molar-refractivity contribution in [2.24, 2.45) is 0 Å². The fourth-order valence-electron chi connectivity index (χ4n) is 1.96. The Bertz CT molecular complexity index is 515. The Kier molecular flexibility index (Phi) is 2.60. The largest absolute Gasteiger partial charge is 0.508 e. The van der Waals surface area contributed by atoms with E-state index in [1.165, 1.54) is 0 Å². The lowest BCUT2D eigenvalue weighted by atomic mass is 9.98. The zero-order chi connectivity index (χ0) is 11.7. The summed E-state index contributed by atoms with van der Waals surface area (Å²) < 4.78 is 0. The van der Waals surface area contributed by atoms with Gasteiger partial charge in [0.15, 0.2) is 5.69 Å². The van der Waals surface area contributed by atoms with E-state index < -0.39 is 0 Å². The monoisotopic (exact) mass is 215 g/mol. The molecule has 0 saturated heterocycles. The van der Waals surface area contributed by atoms with E-state index in [0.717, 1.165) is 28.1 Å². The second-order valence-corrected chi connectivity index (χ2v) is 3.99. The fraction of sp³-hybridized carbons (Fsp3) is 0.231. The minimum atomic E-state index is 0.296. The smallest absolute Gasteiger partial charge is 0.284 e. The van der Waals surface area contributed by atoms with Crippen LogP contribution in [0.15, 0.2) is 24.5 Å². The Balaban J connectivity index is 2.68. The van der Waals surface area contributed by atoms with E-state index in [9.17, 15) is 5.11 Å². The lowest BCUT2D eigenvalue weighted by Crippen LogP contribution is -2.11. The highest BCUT2D eigenvalue weighted by molar-refractivity contribution is 5.71. The van der Waals surface area contributed by atoms with E-state index in [0.29, 0.717) is 5.75 Å². The lowest BCUT2D eigenvalue weighted by Gasteiger charge is -2.07. The van der Waals surface area contributed by atoms with Crippen LogP contribution < -0.4 is 4.98 Å². The zero-order valence-corrected chi connectivity index (χ0v) is 9.70. The van der Waals surface area contributed by atoms with Crippen LogP contribution >= 0.6 is 0 Å². The first-order valence-electron chi connectivity index (χ1n) is 5.23. The topological polar surface area (TPSA) is 47.3 Å². The van der Waals surface area contributed by atoms with Crippen molar-refractivity contribution in [2.45, 2.75) is 20.8 Å². The first kappa shape index (κ1) is 10.6. The normalized spacial score (nSPS) is 10.4. The molecule has 1 heterocycles. The Morgan fingerprint density at radius 1 is 1.19 bits per heavy atom. The number of nitrogens with one attached hydrogen (secondary N) is 1. The molecule has 2 rings (SSSR count). The summed E-state index contributed by atoms with van der Waals surface area (Å²) in [5.41, 5.74) is 5.34. The molecule has 2 N–H and O–H groups in total. The average Bonchev–Trinajstić information content (AvgIpc) is 2.20. The molecule has 3 heteroatoms. The molecule has 0 aliphatic rings. The van der Waals surface area contributed by atoms with Crippen molar-refractivity contribution < 1.29 is 10.1 Å². The maximum absolute atomic E-state index is 9.40. The molecule has 82 valence electrons. The predicted octanol–water partition coefficient (Wildman–Crippen LogP) is 2.19. The summed E-state index contributed by atoms with van der Waals surface area (Å²) in [6, 6.07) is 5.39. The fourth-order valence-corrected chi connectivity index (χ4v) is 1.96.